The Kier molecular flexibility index (Phi) is 5.08. The minimum absolute atomic E-state index is 0.0442. The molecule has 1 aromatic carbocycles. The van der Waals surface area contributed by atoms with Gasteiger partial charge in [-0.1, -0.05) is 30.3 Å². The first-order valence-electron chi connectivity index (χ1n) is 7.72. The van der Waals surface area contributed by atoms with E-state index in [9.17, 15) is 9.90 Å². The molecule has 0 spiro atoms. The van der Waals surface area contributed by atoms with E-state index in [0.29, 0.717) is 6.54 Å². The highest BCUT2D eigenvalue weighted by molar-refractivity contribution is 5.68. The maximum Gasteiger partial charge on any atom is 0.408 e. The van der Waals surface area contributed by atoms with E-state index in [1.807, 2.05) is 45.9 Å². The average molecular weight is 306 g/mol. The maximum absolute atomic E-state index is 11.9. The molecule has 1 aliphatic rings. The number of amides is 1. The van der Waals surface area contributed by atoms with Crippen LogP contribution in [0.1, 0.15) is 33.3 Å². The zero-order valence-corrected chi connectivity index (χ0v) is 13.7. The molecule has 0 saturated carbocycles. The van der Waals surface area contributed by atoms with Gasteiger partial charge in [0.2, 0.25) is 0 Å². The summed E-state index contributed by atoms with van der Waals surface area (Å²) in [5.74, 6) is 0. The molecule has 3 unspecified atom stereocenters. The van der Waals surface area contributed by atoms with E-state index in [2.05, 4.69) is 22.3 Å². The second-order valence-electron chi connectivity index (χ2n) is 6.90. The van der Waals surface area contributed by atoms with Crippen molar-refractivity contribution in [1.82, 2.24) is 10.2 Å². The van der Waals surface area contributed by atoms with Crippen molar-refractivity contribution in [3.8, 4) is 0 Å². The molecule has 0 aromatic heterocycles. The van der Waals surface area contributed by atoms with E-state index in [1.54, 1.807) is 0 Å². The van der Waals surface area contributed by atoms with E-state index in [1.165, 1.54) is 5.56 Å². The van der Waals surface area contributed by atoms with Crippen molar-refractivity contribution >= 4 is 6.09 Å². The average Bonchev–Trinajstić information content (AvgIpc) is 2.66. The van der Waals surface area contributed by atoms with Crippen LogP contribution in [0.5, 0.6) is 0 Å². The molecular formula is C17H26N2O3. The van der Waals surface area contributed by atoms with Gasteiger partial charge in [-0.25, -0.2) is 4.79 Å². The van der Waals surface area contributed by atoms with Crippen LogP contribution in [-0.2, 0) is 11.3 Å². The summed E-state index contributed by atoms with van der Waals surface area (Å²) >= 11 is 0. The SMILES string of the molecule is CC1C(NC(=O)OC(C)(C)C)C(O)CN1Cc1ccccc1. The summed E-state index contributed by atoms with van der Waals surface area (Å²) in [6, 6.07) is 9.84. The predicted octanol–water partition coefficient (Wildman–Crippen LogP) is 2.14. The lowest BCUT2D eigenvalue weighted by atomic mass is 10.1. The normalized spacial score (nSPS) is 26.0. The minimum Gasteiger partial charge on any atom is -0.444 e. The molecule has 1 amide bonds. The Hall–Kier alpha value is -1.59. The summed E-state index contributed by atoms with van der Waals surface area (Å²) in [6.07, 6.45) is -1.07. The van der Waals surface area contributed by atoms with Crippen LogP contribution in [0.25, 0.3) is 0 Å². The van der Waals surface area contributed by atoms with E-state index in [0.717, 1.165) is 6.54 Å². The molecule has 1 aliphatic heterocycles. The third-order valence-electron chi connectivity index (χ3n) is 3.84. The molecular weight excluding hydrogens is 280 g/mol. The summed E-state index contributed by atoms with van der Waals surface area (Å²) in [7, 11) is 0. The monoisotopic (exact) mass is 306 g/mol. The number of ether oxygens (including phenoxy) is 1. The highest BCUT2D eigenvalue weighted by Gasteiger charge is 2.39. The van der Waals surface area contributed by atoms with Crippen LogP contribution in [-0.4, -0.2) is 46.4 Å². The number of alkyl carbamates (subject to hydrolysis) is 1. The molecule has 3 atom stereocenters. The van der Waals surface area contributed by atoms with Gasteiger partial charge in [0.15, 0.2) is 0 Å². The first-order chi connectivity index (χ1) is 10.3. The summed E-state index contributed by atoms with van der Waals surface area (Å²) in [6.45, 7) is 8.78. The lowest BCUT2D eigenvalue weighted by Crippen LogP contribution is -2.48. The van der Waals surface area contributed by atoms with E-state index < -0.39 is 17.8 Å². The molecule has 2 rings (SSSR count). The first-order valence-corrected chi connectivity index (χ1v) is 7.72. The number of hydrogen-bond acceptors (Lipinski definition) is 4. The van der Waals surface area contributed by atoms with Gasteiger partial charge in [-0.05, 0) is 33.3 Å². The highest BCUT2D eigenvalue weighted by Crippen LogP contribution is 2.21. The van der Waals surface area contributed by atoms with Gasteiger partial charge < -0.3 is 15.2 Å². The van der Waals surface area contributed by atoms with E-state index >= 15 is 0 Å². The van der Waals surface area contributed by atoms with Crippen LogP contribution >= 0.6 is 0 Å². The van der Waals surface area contributed by atoms with Crippen molar-refractivity contribution in [1.29, 1.82) is 0 Å². The summed E-state index contributed by atoms with van der Waals surface area (Å²) in [5, 5.41) is 13.0. The maximum atomic E-state index is 11.9. The van der Waals surface area contributed by atoms with Gasteiger partial charge in [-0.15, -0.1) is 0 Å². The van der Waals surface area contributed by atoms with Gasteiger partial charge >= 0.3 is 6.09 Å². The molecule has 2 N–H and O–H groups in total. The summed E-state index contributed by atoms with van der Waals surface area (Å²) in [5.41, 5.74) is 0.653. The van der Waals surface area contributed by atoms with E-state index in [-0.39, 0.29) is 12.1 Å². The number of likely N-dealkylation sites (tertiary alicyclic amines) is 1. The quantitative estimate of drug-likeness (QED) is 0.898. The molecule has 1 heterocycles. The van der Waals surface area contributed by atoms with E-state index in [4.69, 9.17) is 4.74 Å². The second-order valence-corrected chi connectivity index (χ2v) is 6.90. The predicted molar refractivity (Wildman–Crippen MR) is 85.5 cm³/mol. The van der Waals surface area contributed by atoms with Crippen LogP contribution in [0.3, 0.4) is 0 Å². The molecule has 0 radical (unpaired) electrons. The Morgan fingerprint density at radius 2 is 2.00 bits per heavy atom. The third kappa shape index (κ3) is 4.45. The van der Waals surface area contributed by atoms with Gasteiger partial charge in [0.25, 0.3) is 0 Å². The number of aliphatic hydroxyl groups is 1. The lowest BCUT2D eigenvalue weighted by molar-refractivity contribution is 0.0447. The molecule has 22 heavy (non-hydrogen) atoms. The smallest absolute Gasteiger partial charge is 0.408 e. The zero-order valence-electron chi connectivity index (χ0n) is 13.7. The Bertz CT molecular complexity index is 498. The number of rotatable bonds is 3. The second kappa shape index (κ2) is 6.67. The van der Waals surface area contributed by atoms with Crippen LogP contribution < -0.4 is 5.32 Å². The summed E-state index contributed by atoms with van der Waals surface area (Å²) in [4.78, 5) is 14.1. The van der Waals surface area contributed by atoms with Crippen molar-refractivity contribution in [2.75, 3.05) is 6.54 Å². The zero-order chi connectivity index (χ0) is 16.3. The number of carbonyl (C=O) groups excluding carboxylic acids is 1. The first kappa shape index (κ1) is 16.8. The number of nitrogens with zero attached hydrogens (tertiary/aromatic N) is 1. The number of β-amino-alcohol motifs (C(OH)–C–C–N with tert-alkyl or cyclic N) is 1. The Labute approximate surface area is 132 Å². The van der Waals surface area contributed by atoms with Crippen LogP contribution in [0, 0.1) is 0 Å². The van der Waals surface area contributed by atoms with Gasteiger partial charge in [0.1, 0.15) is 5.60 Å². The fraction of sp³-hybridized carbons (Fsp3) is 0.588. The number of benzene rings is 1. The molecule has 0 bridgehead atoms. The summed E-state index contributed by atoms with van der Waals surface area (Å²) < 4.78 is 5.27. The molecule has 5 heteroatoms. The number of nitrogens with one attached hydrogen (secondary N) is 1. The van der Waals surface area contributed by atoms with Crippen molar-refractivity contribution in [2.45, 2.75) is 58.0 Å². The standard InChI is InChI=1S/C17H26N2O3/c1-12-15(18-16(21)22-17(2,3)4)14(20)11-19(12)10-13-8-6-5-7-9-13/h5-9,12,14-15,20H,10-11H2,1-4H3,(H,18,21). The largest absolute Gasteiger partial charge is 0.444 e. The molecule has 5 nitrogen and oxygen atoms in total. The van der Waals surface area contributed by atoms with Crippen molar-refractivity contribution in [3.05, 3.63) is 35.9 Å². The lowest BCUT2D eigenvalue weighted by Gasteiger charge is -2.26. The molecule has 1 fully saturated rings. The number of carbonyl (C=O) groups is 1. The fourth-order valence-electron chi connectivity index (χ4n) is 2.76. The van der Waals surface area contributed by atoms with Crippen molar-refractivity contribution in [3.63, 3.8) is 0 Å². The van der Waals surface area contributed by atoms with Crippen molar-refractivity contribution in [2.24, 2.45) is 0 Å². The third-order valence-corrected chi connectivity index (χ3v) is 3.84. The minimum atomic E-state index is -0.591. The van der Waals surface area contributed by atoms with Gasteiger partial charge in [-0.3, -0.25) is 4.90 Å². The molecule has 0 aliphatic carbocycles. The van der Waals surface area contributed by atoms with Crippen molar-refractivity contribution < 1.29 is 14.6 Å². The van der Waals surface area contributed by atoms with Gasteiger partial charge in [-0.2, -0.15) is 0 Å². The molecule has 1 aromatic rings. The Morgan fingerprint density at radius 1 is 1.36 bits per heavy atom. The van der Waals surface area contributed by atoms with Gasteiger partial charge in [0.05, 0.1) is 12.1 Å². The van der Waals surface area contributed by atoms with Crippen LogP contribution in [0.2, 0.25) is 0 Å². The highest BCUT2D eigenvalue weighted by atomic mass is 16.6. The number of hydrogen-bond donors (Lipinski definition) is 2. The van der Waals surface area contributed by atoms with Gasteiger partial charge in [0, 0.05) is 19.1 Å². The van der Waals surface area contributed by atoms with Crippen LogP contribution in [0.4, 0.5) is 4.79 Å². The molecule has 122 valence electrons. The number of aliphatic hydroxyl groups excluding tert-OH is 1. The fourth-order valence-corrected chi connectivity index (χ4v) is 2.76. The Balaban J connectivity index is 1.95. The van der Waals surface area contributed by atoms with Crippen LogP contribution in [0.15, 0.2) is 30.3 Å². The Morgan fingerprint density at radius 3 is 2.59 bits per heavy atom. The molecule has 1 saturated heterocycles. The topological polar surface area (TPSA) is 61.8 Å².